The van der Waals surface area contributed by atoms with E-state index < -0.39 is 33.2 Å². The Bertz CT molecular complexity index is 1150. The molecule has 0 heterocycles. The molecule has 0 atom stereocenters. The predicted molar refractivity (Wildman–Crippen MR) is 191 cm³/mol. The molecule has 0 N–H and O–H groups in total. The third-order valence-electron chi connectivity index (χ3n) is 9.71. The summed E-state index contributed by atoms with van der Waals surface area (Å²) in [5.74, 6) is 0. The quantitative estimate of drug-likeness (QED) is 0.160. The van der Waals surface area contributed by atoms with Gasteiger partial charge in [-0.1, -0.05) is 0 Å². The third-order valence-corrected chi connectivity index (χ3v) is 305. The Balaban J connectivity index is 2.33. The van der Waals surface area contributed by atoms with E-state index in [9.17, 15) is 9.42 Å². The van der Waals surface area contributed by atoms with Crippen molar-refractivity contribution in [3.8, 4) is 0 Å². The third kappa shape index (κ3) is 3.97. The molecule has 209 valence electrons. The molecule has 0 nitrogen and oxygen atoms in total. The predicted octanol–water partition coefficient (Wildman–Crippen LogP) is 7.83. The maximum atomic E-state index is 9.56. The van der Waals surface area contributed by atoms with Crippen molar-refractivity contribution in [2.45, 2.75) is 0 Å². The van der Waals surface area contributed by atoms with Crippen LogP contribution in [-0.4, -0.2) is 53.3 Å². The number of halogens is 1. The first-order valence-corrected chi connectivity index (χ1v) is 46.5. The Morgan fingerprint density at radius 3 is 0.658 bits per heavy atom. The van der Waals surface area contributed by atoms with Crippen molar-refractivity contribution in [3.05, 3.63) is 121 Å². The number of benzene rings is 4. The maximum absolute atomic E-state index is 9.56. The van der Waals surface area contributed by atoms with Crippen LogP contribution in [0.15, 0.2) is 121 Å². The van der Waals surface area contributed by atoms with Gasteiger partial charge in [-0.2, -0.15) is 0 Å². The van der Waals surface area contributed by atoms with Crippen LogP contribution in [0.3, 0.4) is 0 Å². The first-order chi connectivity index (χ1) is 17.8. The summed E-state index contributed by atoms with van der Waals surface area (Å²) < 4.78 is 0. The Kier molecular flexibility index (Phi) is 8.65. The van der Waals surface area contributed by atoms with Gasteiger partial charge in [-0.15, -0.1) is 0 Å². The van der Waals surface area contributed by atoms with E-state index in [2.05, 4.69) is 175 Å². The van der Waals surface area contributed by atoms with Crippen molar-refractivity contribution in [2.75, 3.05) is 53.3 Å². The van der Waals surface area contributed by atoms with Gasteiger partial charge in [0.05, 0.1) is 0 Å². The Labute approximate surface area is 236 Å². The van der Waals surface area contributed by atoms with E-state index in [0.717, 1.165) is 0 Å². The van der Waals surface area contributed by atoms with Gasteiger partial charge in [-0.05, 0) is 0 Å². The summed E-state index contributed by atoms with van der Waals surface area (Å²) in [5.41, 5.74) is 0. The molecule has 0 saturated carbocycles. The SMILES string of the molecule is C[PH](C)(c1ccccc1)[W]([Cl])([PH](C)(C)c1ccccc1)([PH](C)(C)c1ccccc1)[PH](C)(C)c1ccccc1. The first-order valence-electron chi connectivity index (χ1n) is 13.6. The van der Waals surface area contributed by atoms with Gasteiger partial charge in [0.15, 0.2) is 0 Å². The molecule has 0 fully saturated rings. The van der Waals surface area contributed by atoms with E-state index >= 15 is 0 Å². The second kappa shape index (κ2) is 10.8. The molecule has 0 bridgehead atoms. The molecule has 0 spiro atoms. The normalized spacial score (nSPS) is 16.2. The molecule has 0 aliphatic rings. The Hall–Kier alpha value is -0.422. The Morgan fingerprint density at radius 1 is 0.342 bits per heavy atom. The number of hydrogen-bond donors (Lipinski definition) is 0. The fourth-order valence-electron chi connectivity index (χ4n) is 8.07. The van der Waals surface area contributed by atoms with Crippen LogP contribution in [0.4, 0.5) is 0 Å². The van der Waals surface area contributed by atoms with E-state index in [1.165, 1.54) is 0 Å². The topological polar surface area (TPSA) is 0 Å². The summed E-state index contributed by atoms with van der Waals surface area (Å²) in [4.78, 5) is 0. The van der Waals surface area contributed by atoms with Gasteiger partial charge in [0.1, 0.15) is 0 Å². The van der Waals surface area contributed by atoms with Gasteiger partial charge in [0.2, 0.25) is 0 Å². The molecule has 4 rings (SSSR count). The van der Waals surface area contributed by atoms with E-state index in [1.807, 2.05) is 0 Å². The van der Waals surface area contributed by atoms with Gasteiger partial charge in [0, 0.05) is 0 Å². The number of hydrogen-bond acceptors (Lipinski definition) is 0. The average Bonchev–Trinajstić information content (AvgIpc) is 2.94. The van der Waals surface area contributed by atoms with Crippen molar-refractivity contribution in [1.82, 2.24) is 0 Å². The van der Waals surface area contributed by atoms with Gasteiger partial charge in [-0.25, -0.2) is 0 Å². The van der Waals surface area contributed by atoms with Gasteiger partial charge >= 0.3 is 238 Å². The molecule has 0 unspecified atom stereocenters. The van der Waals surface area contributed by atoms with Crippen LogP contribution in [0.1, 0.15) is 0 Å². The molecular formula is C32H48ClP4W. The average molecular weight is 776 g/mol. The van der Waals surface area contributed by atoms with Crippen LogP contribution in [0.5, 0.6) is 0 Å². The zero-order valence-corrected chi connectivity index (χ0v) is 32.0. The van der Waals surface area contributed by atoms with Crippen LogP contribution < -0.4 is 21.2 Å². The summed E-state index contributed by atoms with van der Waals surface area (Å²) >= 11 is -4.60. The zero-order valence-electron chi connectivity index (χ0n) is 24.3. The standard InChI is InChI=1S/4C8H11P.ClH.W/c4*1-9(2)8-6-4-3-5-7-8;;/h4*3-7H,1-2H3;1H;/q;;;;;-3/p+3. The van der Waals surface area contributed by atoms with Crippen molar-refractivity contribution >= 4 is 52.1 Å². The second-order valence-corrected chi connectivity index (χ2v) is 138. The molecule has 0 aliphatic heterocycles. The molecule has 0 amide bonds. The van der Waals surface area contributed by atoms with Gasteiger partial charge in [-0.3, -0.25) is 0 Å². The molecule has 38 heavy (non-hydrogen) atoms. The molecule has 4 aromatic rings. The molecule has 0 radical (unpaired) electrons. The molecule has 0 saturated heterocycles. The van der Waals surface area contributed by atoms with Gasteiger partial charge < -0.3 is 0 Å². The van der Waals surface area contributed by atoms with Crippen molar-refractivity contribution in [1.29, 1.82) is 0 Å². The van der Waals surface area contributed by atoms with Crippen molar-refractivity contribution in [2.24, 2.45) is 0 Å². The fraction of sp³-hybridized carbons (Fsp3) is 0.250. The molecule has 0 aliphatic carbocycles. The van der Waals surface area contributed by atoms with Crippen molar-refractivity contribution < 1.29 is 11.7 Å². The van der Waals surface area contributed by atoms with Crippen LogP contribution in [0, 0.1) is 0 Å². The molecular weight excluding hydrogens is 728 g/mol. The van der Waals surface area contributed by atoms with E-state index in [1.54, 1.807) is 21.2 Å². The minimum absolute atomic E-state index is 1.56. The summed E-state index contributed by atoms with van der Waals surface area (Å²) in [5, 5.41) is -2.88. The first kappa shape index (κ1) is 30.5. The monoisotopic (exact) mass is 775 g/mol. The summed E-state index contributed by atoms with van der Waals surface area (Å²) in [7, 11) is 9.56. The van der Waals surface area contributed by atoms with E-state index in [-0.39, 0.29) is 0 Å². The summed E-state index contributed by atoms with van der Waals surface area (Å²) in [6, 6.07) is 46.2. The van der Waals surface area contributed by atoms with Crippen LogP contribution >= 0.6 is 30.8 Å². The summed E-state index contributed by atoms with van der Waals surface area (Å²) in [6.45, 7) is 21.6. The van der Waals surface area contributed by atoms with E-state index in [0.29, 0.717) is 0 Å². The van der Waals surface area contributed by atoms with E-state index in [4.69, 9.17) is 0 Å². The molecule has 6 heteroatoms. The minimum atomic E-state index is -4.60. The number of rotatable bonds is 8. The second-order valence-electron chi connectivity index (χ2n) is 12.4. The molecule has 4 aromatic carbocycles. The Morgan fingerprint density at radius 2 is 0.500 bits per heavy atom. The zero-order chi connectivity index (χ0) is 27.9. The summed E-state index contributed by atoms with van der Waals surface area (Å²) in [6.07, 6.45) is 0. The van der Waals surface area contributed by atoms with Crippen LogP contribution in [0.25, 0.3) is 0 Å². The molecule has 0 aromatic heterocycles. The van der Waals surface area contributed by atoms with Crippen LogP contribution in [-0.2, 0) is 11.7 Å². The fourth-order valence-corrected chi connectivity index (χ4v) is 360. The van der Waals surface area contributed by atoms with Gasteiger partial charge in [0.25, 0.3) is 0 Å². The van der Waals surface area contributed by atoms with Crippen molar-refractivity contribution in [3.63, 3.8) is 0 Å². The van der Waals surface area contributed by atoms with Crippen LogP contribution in [0.2, 0.25) is 0 Å².